The smallest absolute Gasteiger partial charge is 0.262 e. The molecule has 0 spiro atoms. The maximum atomic E-state index is 13.6. The molecular formula is C21H23Cl2N3OS. The summed E-state index contributed by atoms with van der Waals surface area (Å²) in [7, 11) is 3.97. The molecular weight excluding hydrogens is 413 g/mol. The van der Waals surface area contributed by atoms with Gasteiger partial charge in [-0.1, -0.05) is 36.2 Å². The van der Waals surface area contributed by atoms with E-state index >= 15 is 0 Å². The van der Waals surface area contributed by atoms with Gasteiger partial charge in [-0.25, -0.2) is 4.98 Å². The Hall–Kier alpha value is -1.40. The largest absolute Gasteiger partial charge is 0.302 e. The highest BCUT2D eigenvalue weighted by atomic mass is 35.5. The maximum absolute atomic E-state index is 13.6. The molecule has 0 saturated carbocycles. The first kappa shape index (κ1) is 19.9. The first-order valence-electron chi connectivity index (χ1n) is 9.46. The van der Waals surface area contributed by atoms with Crippen molar-refractivity contribution in [1.82, 2.24) is 14.5 Å². The quantitative estimate of drug-likeness (QED) is 0.578. The van der Waals surface area contributed by atoms with Crippen molar-refractivity contribution in [2.75, 3.05) is 14.1 Å². The summed E-state index contributed by atoms with van der Waals surface area (Å²) in [6, 6.07) is 5.51. The van der Waals surface area contributed by atoms with Crippen molar-refractivity contribution in [3.05, 3.63) is 60.4 Å². The molecule has 0 aliphatic heterocycles. The Labute approximate surface area is 178 Å². The number of hydrogen-bond donors (Lipinski definition) is 0. The fourth-order valence-electron chi connectivity index (χ4n) is 3.85. The Morgan fingerprint density at radius 2 is 2.07 bits per heavy atom. The molecule has 1 atom stereocenters. The van der Waals surface area contributed by atoms with Crippen LogP contribution in [0.4, 0.5) is 0 Å². The molecule has 1 aliphatic rings. The molecule has 0 N–H and O–H groups in total. The zero-order valence-electron chi connectivity index (χ0n) is 16.3. The van der Waals surface area contributed by atoms with Crippen LogP contribution in [0.15, 0.2) is 23.0 Å². The number of rotatable bonds is 4. The summed E-state index contributed by atoms with van der Waals surface area (Å²) in [5, 5.41) is 1.83. The van der Waals surface area contributed by atoms with E-state index in [9.17, 15) is 4.79 Å². The molecule has 28 heavy (non-hydrogen) atoms. The van der Waals surface area contributed by atoms with E-state index in [2.05, 4.69) is 6.92 Å². The van der Waals surface area contributed by atoms with Gasteiger partial charge >= 0.3 is 0 Å². The van der Waals surface area contributed by atoms with Crippen molar-refractivity contribution in [3.8, 4) is 0 Å². The van der Waals surface area contributed by atoms with E-state index in [4.69, 9.17) is 28.2 Å². The van der Waals surface area contributed by atoms with E-state index in [1.165, 1.54) is 10.4 Å². The van der Waals surface area contributed by atoms with Crippen LogP contribution < -0.4 is 5.56 Å². The third-order valence-corrected chi connectivity index (χ3v) is 7.16. The third-order valence-electron chi connectivity index (χ3n) is 5.28. The number of aromatic nitrogens is 2. The number of nitrogens with zero attached hydrogens (tertiary/aromatic N) is 3. The van der Waals surface area contributed by atoms with E-state index in [0.29, 0.717) is 29.1 Å². The van der Waals surface area contributed by atoms with E-state index in [0.717, 1.165) is 40.9 Å². The fraction of sp³-hybridized carbons (Fsp3) is 0.429. The van der Waals surface area contributed by atoms with Crippen molar-refractivity contribution >= 4 is 44.8 Å². The summed E-state index contributed by atoms with van der Waals surface area (Å²) in [6.45, 7) is 3.31. The lowest BCUT2D eigenvalue weighted by molar-refractivity contribution is 0.379. The summed E-state index contributed by atoms with van der Waals surface area (Å²) in [5.41, 5.74) is 2.21. The number of halogens is 2. The predicted octanol–water partition coefficient (Wildman–Crippen LogP) is 5.00. The van der Waals surface area contributed by atoms with Crippen molar-refractivity contribution in [1.29, 1.82) is 0 Å². The summed E-state index contributed by atoms with van der Waals surface area (Å²) >= 11 is 13.9. The van der Waals surface area contributed by atoms with Gasteiger partial charge in [0.15, 0.2) is 0 Å². The minimum absolute atomic E-state index is 0.0555. The van der Waals surface area contributed by atoms with Crippen molar-refractivity contribution in [2.45, 2.75) is 39.3 Å². The standard InChI is InChI=1S/C21H23Cl2N3OS/c1-12-4-6-14-17(8-12)28-20-19(14)21(27)26(18(24-20)11-25(2)3)10-13-5-7-15(22)16(23)9-13/h5,7,9,12H,4,6,8,10-11H2,1-3H3. The first-order chi connectivity index (χ1) is 13.3. The second-order valence-electron chi connectivity index (χ2n) is 7.94. The monoisotopic (exact) mass is 435 g/mol. The van der Waals surface area contributed by atoms with E-state index in [1.54, 1.807) is 22.0 Å². The van der Waals surface area contributed by atoms with Crippen LogP contribution in [0.3, 0.4) is 0 Å². The molecule has 0 amide bonds. The molecule has 0 bridgehead atoms. The molecule has 0 radical (unpaired) electrons. The summed E-state index contributed by atoms with van der Waals surface area (Å²) in [6.07, 6.45) is 3.14. The maximum Gasteiger partial charge on any atom is 0.262 e. The second-order valence-corrected chi connectivity index (χ2v) is 9.84. The van der Waals surface area contributed by atoms with Crippen LogP contribution in [0.5, 0.6) is 0 Å². The number of fused-ring (bicyclic) bond motifs is 3. The van der Waals surface area contributed by atoms with Crippen LogP contribution in [0.1, 0.15) is 35.2 Å². The molecule has 1 aromatic carbocycles. The van der Waals surface area contributed by atoms with Crippen molar-refractivity contribution < 1.29 is 0 Å². The van der Waals surface area contributed by atoms with Crippen LogP contribution in [0, 0.1) is 5.92 Å². The summed E-state index contributed by atoms with van der Waals surface area (Å²) < 4.78 is 1.80. The highest BCUT2D eigenvalue weighted by Crippen LogP contribution is 2.36. The topological polar surface area (TPSA) is 38.1 Å². The second kappa shape index (κ2) is 7.79. The van der Waals surface area contributed by atoms with Gasteiger partial charge in [0.05, 0.1) is 28.5 Å². The zero-order chi connectivity index (χ0) is 20.0. The first-order valence-corrected chi connectivity index (χ1v) is 11.0. The van der Waals surface area contributed by atoms with E-state index in [1.807, 2.05) is 31.1 Å². The number of hydrogen-bond acceptors (Lipinski definition) is 4. The number of benzene rings is 1. The average molecular weight is 436 g/mol. The SMILES string of the molecule is CC1CCc2c(sc3nc(CN(C)C)n(Cc4ccc(Cl)c(Cl)c4)c(=O)c23)C1. The molecule has 0 fully saturated rings. The van der Waals surface area contributed by atoms with E-state index in [-0.39, 0.29) is 5.56 Å². The number of thiophene rings is 1. The Balaban J connectivity index is 1.88. The molecule has 2 heterocycles. The highest BCUT2D eigenvalue weighted by molar-refractivity contribution is 7.18. The van der Waals surface area contributed by atoms with Crippen LogP contribution in [0.2, 0.25) is 10.0 Å². The Morgan fingerprint density at radius 3 is 2.79 bits per heavy atom. The van der Waals surface area contributed by atoms with Crippen LogP contribution >= 0.6 is 34.5 Å². The fourth-order valence-corrected chi connectivity index (χ4v) is 5.57. The Kier molecular flexibility index (Phi) is 5.53. The minimum Gasteiger partial charge on any atom is -0.302 e. The molecule has 3 aromatic rings. The summed E-state index contributed by atoms with van der Waals surface area (Å²) in [5.74, 6) is 1.44. The van der Waals surface area contributed by atoms with Gasteiger partial charge in [-0.2, -0.15) is 0 Å². The van der Waals surface area contributed by atoms with Gasteiger partial charge in [-0.05, 0) is 62.5 Å². The molecule has 0 saturated heterocycles. The Morgan fingerprint density at radius 1 is 1.29 bits per heavy atom. The molecule has 4 rings (SSSR count). The molecule has 1 unspecified atom stereocenters. The van der Waals surface area contributed by atoms with E-state index < -0.39 is 0 Å². The third kappa shape index (κ3) is 3.73. The Bertz CT molecular complexity index is 1100. The molecule has 7 heteroatoms. The van der Waals surface area contributed by atoms with Crippen molar-refractivity contribution in [2.24, 2.45) is 5.92 Å². The van der Waals surface area contributed by atoms with Crippen LogP contribution in [0.25, 0.3) is 10.2 Å². The molecule has 2 aromatic heterocycles. The lowest BCUT2D eigenvalue weighted by Crippen LogP contribution is -2.29. The van der Waals surface area contributed by atoms with Gasteiger partial charge in [-0.3, -0.25) is 9.36 Å². The van der Waals surface area contributed by atoms with Gasteiger partial charge in [0.2, 0.25) is 0 Å². The normalized spacial score (nSPS) is 16.7. The van der Waals surface area contributed by atoms with Gasteiger partial charge < -0.3 is 4.90 Å². The predicted molar refractivity (Wildman–Crippen MR) is 118 cm³/mol. The minimum atomic E-state index is 0.0555. The van der Waals surface area contributed by atoms with Crippen molar-refractivity contribution in [3.63, 3.8) is 0 Å². The zero-order valence-corrected chi connectivity index (χ0v) is 18.6. The highest BCUT2D eigenvalue weighted by Gasteiger charge is 2.24. The van der Waals surface area contributed by atoms with Crippen LogP contribution in [-0.2, 0) is 25.9 Å². The van der Waals surface area contributed by atoms with Gasteiger partial charge in [0.25, 0.3) is 5.56 Å². The summed E-state index contributed by atoms with van der Waals surface area (Å²) in [4.78, 5) is 22.7. The molecule has 4 nitrogen and oxygen atoms in total. The number of aryl methyl sites for hydroxylation is 1. The van der Waals surface area contributed by atoms with Gasteiger partial charge in [0, 0.05) is 4.88 Å². The van der Waals surface area contributed by atoms with Crippen LogP contribution in [-0.4, -0.2) is 28.5 Å². The molecule has 1 aliphatic carbocycles. The lowest BCUT2D eigenvalue weighted by atomic mass is 9.89. The van der Waals surface area contributed by atoms with Gasteiger partial charge in [-0.15, -0.1) is 11.3 Å². The average Bonchev–Trinajstić information content (AvgIpc) is 2.98. The molecule has 148 valence electrons. The van der Waals surface area contributed by atoms with Gasteiger partial charge in [0.1, 0.15) is 10.7 Å². The lowest BCUT2D eigenvalue weighted by Gasteiger charge is -2.18.